The molecule has 3 rings (SSSR count). The van der Waals surface area contributed by atoms with E-state index in [0.29, 0.717) is 30.3 Å². The van der Waals surface area contributed by atoms with Gasteiger partial charge >= 0.3 is 12.2 Å². The Morgan fingerprint density at radius 1 is 1.04 bits per heavy atom. The average molecular weight is 344 g/mol. The summed E-state index contributed by atoms with van der Waals surface area (Å²) < 4.78 is 39.8. The van der Waals surface area contributed by atoms with Crippen molar-refractivity contribution in [3.8, 4) is 0 Å². The summed E-state index contributed by atoms with van der Waals surface area (Å²) in [4.78, 5) is 16.6. The predicted molar refractivity (Wildman–Crippen MR) is 83.4 cm³/mol. The first kappa shape index (κ1) is 16.5. The van der Waals surface area contributed by atoms with Crippen LogP contribution in [0.25, 0.3) is 0 Å². The SMILES string of the molecule is O=C(N1CCCCC1)N1CCSc2cccc(C(F)(F)F)c2C1. The zero-order chi connectivity index (χ0) is 16.4. The largest absolute Gasteiger partial charge is 0.416 e. The van der Waals surface area contributed by atoms with E-state index < -0.39 is 11.7 Å². The first-order valence-electron chi connectivity index (χ1n) is 7.82. The molecule has 7 heteroatoms. The molecule has 0 N–H and O–H groups in total. The van der Waals surface area contributed by atoms with Crippen LogP contribution in [0.4, 0.5) is 18.0 Å². The number of hydrogen-bond acceptors (Lipinski definition) is 2. The summed E-state index contributed by atoms with van der Waals surface area (Å²) in [6, 6.07) is 4.13. The molecule has 1 fully saturated rings. The summed E-state index contributed by atoms with van der Waals surface area (Å²) in [5.74, 6) is 0.619. The Bertz CT molecular complexity index is 585. The number of piperidine rings is 1. The average Bonchev–Trinajstić information content (AvgIpc) is 2.76. The molecule has 0 spiro atoms. The second kappa shape index (κ2) is 6.63. The fourth-order valence-corrected chi connectivity index (χ4v) is 4.17. The highest BCUT2D eigenvalue weighted by Gasteiger charge is 2.36. The van der Waals surface area contributed by atoms with Crippen LogP contribution in [0.3, 0.4) is 0 Å². The number of benzene rings is 1. The number of amides is 2. The number of nitrogens with zero attached hydrogens (tertiary/aromatic N) is 2. The van der Waals surface area contributed by atoms with Gasteiger partial charge in [0.25, 0.3) is 0 Å². The van der Waals surface area contributed by atoms with Gasteiger partial charge in [0.2, 0.25) is 0 Å². The van der Waals surface area contributed by atoms with Crippen molar-refractivity contribution in [3.05, 3.63) is 29.3 Å². The summed E-state index contributed by atoms with van der Waals surface area (Å²) in [5, 5.41) is 0. The molecule has 1 aromatic carbocycles. The van der Waals surface area contributed by atoms with Gasteiger partial charge in [0, 0.05) is 36.8 Å². The maximum atomic E-state index is 13.3. The molecule has 0 unspecified atom stereocenters. The fraction of sp³-hybridized carbons (Fsp3) is 0.562. The molecule has 0 saturated carbocycles. The Morgan fingerprint density at radius 3 is 2.48 bits per heavy atom. The third-order valence-corrected chi connectivity index (χ3v) is 5.38. The molecular formula is C16H19F3N2OS. The van der Waals surface area contributed by atoms with Gasteiger partial charge in [0.1, 0.15) is 0 Å². The van der Waals surface area contributed by atoms with Gasteiger partial charge in [-0.15, -0.1) is 11.8 Å². The van der Waals surface area contributed by atoms with E-state index in [0.717, 1.165) is 25.3 Å². The van der Waals surface area contributed by atoms with E-state index in [-0.39, 0.29) is 18.1 Å². The quantitative estimate of drug-likeness (QED) is 0.703. The highest BCUT2D eigenvalue weighted by atomic mass is 32.2. The van der Waals surface area contributed by atoms with Crippen LogP contribution in [0.5, 0.6) is 0 Å². The molecule has 2 amide bonds. The molecule has 1 aromatic rings. The number of fused-ring (bicyclic) bond motifs is 1. The Morgan fingerprint density at radius 2 is 1.78 bits per heavy atom. The number of halogens is 3. The Hall–Kier alpha value is -1.37. The zero-order valence-electron chi connectivity index (χ0n) is 12.7. The summed E-state index contributed by atoms with van der Waals surface area (Å²) in [6.07, 6.45) is -1.34. The molecule has 0 atom stereocenters. The van der Waals surface area contributed by atoms with Gasteiger partial charge < -0.3 is 9.80 Å². The Balaban J connectivity index is 1.86. The molecule has 2 aliphatic rings. The molecule has 23 heavy (non-hydrogen) atoms. The van der Waals surface area contributed by atoms with E-state index in [9.17, 15) is 18.0 Å². The molecule has 2 aliphatic heterocycles. The van der Waals surface area contributed by atoms with Crippen LogP contribution in [0.2, 0.25) is 0 Å². The molecule has 0 radical (unpaired) electrons. The van der Waals surface area contributed by atoms with E-state index in [2.05, 4.69) is 0 Å². The highest BCUT2D eigenvalue weighted by molar-refractivity contribution is 7.99. The van der Waals surface area contributed by atoms with Crippen LogP contribution < -0.4 is 0 Å². The second-order valence-corrected chi connectivity index (χ2v) is 7.02. The number of urea groups is 1. The van der Waals surface area contributed by atoms with Gasteiger partial charge in [-0.1, -0.05) is 6.07 Å². The van der Waals surface area contributed by atoms with Gasteiger partial charge in [0.15, 0.2) is 0 Å². The standard InChI is InChI=1S/C16H19F3N2OS/c17-16(18,19)13-5-4-6-14-12(13)11-21(9-10-23-14)15(22)20-7-2-1-3-8-20/h4-6H,1-3,7-11H2. The third-order valence-electron chi connectivity index (χ3n) is 4.30. The van der Waals surface area contributed by atoms with Crippen molar-refractivity contribution in [2.45, 2.75) is 36.9 Å². The van der Waals surface area contributed by atoms with Crippen LogP contribution in [0.15, 0.2) is 23.1 Å². The Kier molecular flexibility index (Phi) is 4.75. The normalized spacial score (nSPS) is 19.3. The number of rotatable bonds is 0. The number of thioether (sulfide) groups is 1. The lowest BCUT2D eigenvalue weighted by Gasteiger charge is -2.32. The molecule has 126 valence electrons. The summed E-state index contributed by atoms with van der Waals surface area (Å²) in [5.41, 5.74) is -0.395. The predicted octanol–water partition coefficient (Wildman–Crippen LogP) is 4.22. The maximum Gasteiger partial charge on any atom is 0.416 e. The fourth-order valence-electron chi connectivity index (χ4n) is 3.11. The van der Waals surface area contributed by atoms with Crippen molar-refractivity contribution in [2.75, 3.05) is 25.4 Å². The number of likely N-dealkylation sites (tertiary alicyclic amines) is 1. The van der Waals surface area contributed by atoms with Crippen molar-refractivity contribution in [1.82, 2.24) is 9.80 Å². The van der Waals surface area contributed by atoms with Crippen molar-refractivity contribution in [1.29, 1.82) is 0 Å². The lowest BCUT2D eigenvalue weighted by atomic mass is 10.1. The van der Waals surface area contributed by atoms with Crippen LogP contribution in [0, 0.1) is 0 Å². The van der Waals surface area contributed by atoms with Crippen LogP contribution >= 0.6 is 11.8 Å². The van der Waals surface area contributed by atoms with Crippen molar-refractivity contribution < 1.29 is 18.0 Å². The summed E-state index contributed by atoms with van der Waals surface area (Å²) in [7, 11) is 0. The monoisotopic (exact) mass is 344 g/mol. The molecule has 3 nitrogen and oxygen atoms in total. The number of carbonyl (C=O) groups excluding carboxylic acids is 1. The van der Waals surface area contributed by atoms with Gasteiger partial charge in [-0.05, 0) is 37.0 Å². The van der Waals surface area contributed by atoms with Crippen molar-refractivity contribution in [2.24, 2.45) is 0 Å². The molecule has 0 aliphatic carbocycles. The van der Waals surface area contributed by atoms with E-state index in [1.165, 1.54) is 17.8 Å². The van der Waals surface area contributed by atoms with Crippen LogP contribution in [-0.4, -0.2) is 41.2 Å². The minimum absolute atomic E-state index is 0.0351. The molecule has 0 aromatic heterocycles. The Labute approximate surface area is 137 Å². The van der Waals surface area contributed by atoms with Crippen molar-refractivity contribution >= 4 is 17.8 Å². The van der Waals surface area contributed by atoms with E-state index in [4.69, 9.17) is 0 Å². The first-order valence-corrected chi connectivity index (χ1v) is 8.81. The van der Waals surface area contributed by atoms with Gasteiger partial charge in [-0.25, -0.2) is 4.79 Å². The second-order valence-electron chi connectivity index (χ2n) is 5.88. The summed E-state index contributed by atoms with van der Waals surface area (Å²) in [6.45, 7) is 1.92. The van der Waals surface area contributed by atoms with E-state index >= 15 is 0 Å². The van der Waals surface area contributed by atoms with Crippen LogP contribution in [0.1, 0.15) is 30.4 Å². The molecule has 1 saturated heterocycles. The maximum absolute atomic E-state index is 13.3. The number of alkyl halides is 3. The minimum Gasteiger partial charge on any atom is -0.325 e. The van der Waals surface area contributed by atoms with Gasteiger partial charge in [-0.3, -0.25) is 0 Å². The highest BCUT2D eigenvalue weighted by Crippen LogP contribution is 2.38. The molecular weight excluding hydrogens is 325 g/mol. The van der Waals surface area contributed by atoms with Gasteiger partial charge in [0.05, 0.1) is 5.56 Å². The third kappa shape index (κ3) is 3.59. The van der Waals surface area contributed by atoms with Crippen LogP contribution in [-0.2, 0) is 12.7 Å². The summed E-state index contributed by atoms with van der Waals surface area (Å²) >= 11 is 1.40. The van der Waals surface area contributed by atoms with E-state index in [1.54, 1.807) is 15.9 Å². The van der Waals surface area contributed by atoms with Crippen molar-refractivity contribution in [3.63, 3.8) is 0 Å². The zero-order valence-corrected chi connectivity index (χ0v) is 13.6. The smallest absolute Gasteiger partial charge is 0.325 e. The molecule has 0 bridgehead atoms. The van der Waals surface area contributed by atoms with Gasteiger partial charge in [-0.2, -0.15) is 13.2 Å². The number of hydrogen-bond donors (Lipinski definition) is 0. The lowest BCUT2D eigenvalue weighted by Crippen LogP contribution is -2.45. The number of carbonyl (C=O) groups is 1. The first-order chi connectivity index (χ1) is 11.0. The molecule has 2 heterocycles. The topological polar surface area (TPSA) is 23.6 Å². The van der Waals surface area contributed by atoms with E-state index in [1.807, 2.05) is 0 Å². The minimum atomic E-state index is -4.39. The lowest BCUT2D eigenvalue weighted by molar-refractivity contribution is -0.138.